The van der Waals surface area contributed by atoms with Gasteiger partial charge in [0.1, 0.15) is 15.8 Å². The molecule has 7 heteroatoms. The van der Waals surface area contributed by atoms with Crippen molar-refractivity contribution in [3.05, 3.63) is 28.4 Å². The van der Waals surface area contributed by atoms with Crippen molar-refractivity contribution in [2.45, 2.75) is 6.36 Å². The summed E-state index contributed by atoms with van der Waals surface area (Å²) in [5.41, 5.74) is 0.168. The molecule has 0 aliphatic heterocycles. The fourth-order valence-corrected chi connectivity index (χ4v) is 1.58. The van der Waals surface area contributed by atoms with Crippen molar-refractivity contribution < 1.29 is 22.3 Å². The van der Waals surface area contributed by atoms with Gasteiger partial charge in [0.2, 0.25) is 0 Å². The second kappa shape index (κ2) is 3.75. The molecular formula is C9H2Cl2F3O2. The van der Waals surface area contributed by atoms with E-state index in [0.717, 1.165) is 6.07 Å². The molecule has 1 radical (unpaired) electrons. The maximum Gasteiger partial charge on any atom is 0.573 e. The predicted octanol–water partition coefficient (Wildman–Crippen LogP) is 4.44. The molecule has 0 aliphatic rings. The van der Waals surface area contributed by atoms with Gasteiger partial charge in [-0.15, -0.1) is 13.2 Å². The van der Waals surface area contributed by atoms with E-state index >= 15 is 0 Å². The fourth-order valence-electron chi connectivity index (χ4n) is 1.16. The number of benzene rings is 1. The molecule has 0 atom stereocenters. The van der Waals surface area contributed by atoms with Crippen LogP contribution in [0.1, 0.15) is 0 Å². The SMILES string of the molecule is FC(F)(F)Oc1cc2[c]coc2c(Cl)c1Cl. The molecule has 0 N–H and O–H groups in total. The smallest absolute Gasteiger partial charge is 0.462 e. The fraction of sp³-hybridized carbons (Fsp3) is 0.111. The van der Waals surface area contributed by atoms with Crippen LogP contribution in [0.5, 0.6) is 5.75 Å². The van der Waals surface area contributed by atoms with Gasteiger partial charge in [0.05, 0.1) is 6.26 Å². The number of halogens is 5. The van der Waals surface area contributed by atoms with Gasteiger partial charge in [-0.05, 0) is 6.07 Å². The molecule has 0 bridgehead atoms. The molecular weight excluding hydrogens is 268 g/mol. The molecule has 2 rings (SSSR count). The summed E-state index contributed by atoms with van der Waals surface area (Å²) in [5.74, 6) is -0.579. The van der Waals surface area contributed by atoms with Crippen LogP contribution in [0.2, 0.25) is 10.0 Å². The topological polar surface area (TPSA) is 22.4 Å². The Morgan fingerprint density at radius 1 is 1.25 bits per heavy atom. The van der Waals surface area contributed by atoms with Crippen LogP contribution in [0.25, 0.3) is 11.0 Å². The Morgan fingerprint density at radius 3 is 2.56 bits per heavy atom. The third-order valence-electron chi connectivity index (χ3n) is 1.75. The third-order valence-corrected chi connectivity index (χ3v) is 2.58. The highest BCUT2D eigenvalue weighted by atomic mass is 35.5. The maximum absolute atomic E-state index is 12.0. The molecule has 0 fully saturated rings. The van der Waals surface area contributed by atoms with Crippen molar-refractivity contribution >= 4 is 34.2 Å². The number of fused-ring (bicyclic) bond motifs is 1. The molecule has 1 heterocycles. The lowest BCUT2D eigenvalue weighted by molar-refractivity contribution is -0.274. The van der Waals surface area contributed by atoms with Gasteiger partial charge in [-0.25, -0.2) is 0 Å². The minimum absolute atomic E-state index is 0.139. The first-order valence-electron chi connectivity index (χ1n) is 3.91. The maximum atomic E-state index is 12.0. The molecule has 85 valence electrons. The van der Waals surface area contributed by atoms with Crippen LogP contribution < -0.4 is 4.74 Å². The molecule has 1 aromatic carbocycles. The number of furan rings is 1. The van der Waals surface area contributed by atoms with Gasteiger partial charge in [-0.1, -0.05) is 23.2 Å². The molecule has 2 aromatic rings. The first-order valence-corrected chi connectivity index (χ1v) is 4.66. The highest BCUT2D eigenvalue weighted by molar-refractivity contribution is 6.45. The average Bonchev–Trinajstić information content (AvgIpc) is 2.59. The lowest BCUT2D eigenvalue weighted by atomic mass is 10.2. The van der Waals surface area contributed by atoms with Crippen molar-refractivity contribution in [3.8, 4) is 5.75 Å². The standard InChI is InChI=1S/C9H2Cl2F3O2/c10-6-5(16-9(12,13)14)3-4-1-2-15-8(4)7(6)11/h2-3H. The van der Waals surface area contributed by atoms with E-state index in [9.17, 15) is 13.2 Å². The Morgan fingerprint density at radius 2 is 1.94 bits per heavy atom. The zero-order valence-corrected chi connectivity index (χ0v) is 8.87. The van der Waals surface area contributed by atoms with Gasteiger partial charge in [0.15, 0.2) is 5.58 Å². The second-order valence-electron chi connectivity index (χ2n) is 2.81. The summed E-state index contributed by atoms with van der Waals surface area (Å²) < 4.78 is 44.7. The normalized spacial score (nSPS) is 12.1. The van der Waals surface area contributed by atoms with Gasteiger partial charge in [-0.3, -0.25) is 0 Å². The summed E-state index contributed by atoms with van der Waals surface area (Å²) in [4.78, 5) is 0. The zero-order chi connectivity index (χ0) is 11.9. The van der Waals surface area contributed by atoms with E-state index in [-0.39, 0.29) is 21.0 Å². The highest BCUT2D eigenvalue weighted by Gasteiger charge is 2.33. The first kappa shape index (κ1) is 11.4. The Bertz CT molecular complexity index is 533. The van der Waals surface area contributed by atoms with Crippen LogP contribution in [-0.4, -0.2) is 6.36 Å². The molecule has 0 aliphatic carbocycles. The number of alkyl halides is 3. The largest absolute Gasteiger partial charge is 0.573 e. The van der Waals surface area contributed by atoms with Gasteiger partial charge >= 0.3 is 6.36 Å². The van der Waals surface area contributed by atoms with Gasteiger partial charge in [-0.2, -0.15) is 0 Å². The van der Waals surface area contributed by atoms with E-state index in [2.05, 4.69) is 10.8 Å². The lowest BCUT2D eigenvalue weighted by Crippen LogP contribution is -2.17. The van der Waals surface area contributed by atoms with Crippen LogP contribution >= 0.6 is 23.2 Å². The van der Waals surface area contributed by atoms with Crippen LogP contribution in [-0.2, 0) is 0 Å². The van der Waals surface area contributed by atoms with Crippen molar-refractivity contribution in [2.75, 3.05) is 0 Å². The van der Waals surface area contributed by atoms with Crippen LogP contribution in [0.4, 0.5) is 13.2 Å². The van der Waals surface area contributed by atoms with Crippen molar-refractivity contribution in [1.29, 1.82) is 0 Å². The minimum Gasteiger partial charge on any atom is -0.462 e. The van der Waals surface area contributed by atoms with E-state index in [4.69, 9.17) is 27.6 Å². The molecule has 0 saturated heterocycles. The number of hydrogen-bond acceptors (Lipinski definition) is 2. The highest BCUT2D eigenvalue weighted by Crippen LogP contribution is 2.40. The molecule has 16 heavy (non-hydrogen) atoms. The molecule has 0 saturated carbocycles. The van der Waals surface area contributed by atoms with E-state index in [1.807, 2.05) is 0 Å². The van der Waals surface area contributed by atoms with Gasteiger partial charge in [0.25, 0.3) is 0 Å². The summed E-state index contributed by atoms with van der Waals surface area (Å²) in [6.45, 7) is 0. The Hall–Kier alpha value is -1.07. The average molecular weight is 270 g/mol. The van der Waals surface area contributed by atoms with E-state index in [1.54, 1.807) is 0 Å². The van der Waals surface area contributed by atoms with Gasteiger partial charge < -0.3 is 9.15 Å². The summed E-state index contributed by atoms with van der Waals surface area (Å²) in [6, 6.07) is 3.61. The second-order valence-corrected chi connectivity index (χ2v) is 3.56. The van der Waals surface area contributed by atoms with E-state index in [0.29, 0.717) is 0 Å². The molecule has 0 unspecified atom stereocenters. The first-order chi connectivity index (χ1) is 7.38. The van der Waals surface area contributed by atoms with Crippen molar-refractivity contribution in [2.24, 2.45) is 0 Å². The summed E-state index contributed by atoms with van der Waals surface area (Å²) in [6.07, 6.45) is -3.66. The zero-order valence-electron chi connectivity index (χ0n) is 7.36. The number of rotatable bonds is 1. The Balaban J connectivity index is 2.57. The third kappa shape index (κ3) is 2.05. The summed E-state index contributed by atoms with van der Waals surface area (Å²) in [7, 11) is 0. The van der Waals surface area contributed by atoms with Crippen molar-refractivity contribution in [3.63, 3.8) is 0 Å². The summed E-state index contributed by atoms with van der Waals surface area (Å²) >= 11 is 11.3. The molecule has 1 aromatic heterocycles. The lowest BCUT2D eigenvalue weighted by Gasteiger charge is -2.11. The molecule has 0 amide bonds. The van der Waals surface area contributed by atoms with E-state index in [1.165, 1.54) is 6.26 Å². The minimum atomic E-state index is -4.83. The Kier molecular flexibility index (Phi) is 2.67. The molecule has 2 nitrogen and oxygen atoms in total. The van der Waals surface area contributed by atoms with E-state index < -0.39 is 12.1 Å². The van der Waals surface area contributed by atoms with Crippen molar-refractivity contribution in [1.82, 2.24) is 0 Å². The quantitative estimate of drug-likeness (QED) is 0.764. The van der Waals surface area contributed by atoms with Gasteiger partial charge in [0, 0.05) is 11.5 Å². The van der Waals surface area contributed by atoms with Crippen LogP contribution in [0.15, 0.2) is 16.7 Å². The number of hydrogen-bond donors (Lipinski definition) is 0. The molecule has 0 spiro atoms. The monoisotopic (exact) mass is 269 g/mol. The summed E-state index contributed by atoms with van der Waals surface area (Å²) in [5, 5.41) is -0.233. The Labute approximate surface area is 97.5 Å². The predicted molar refractivity (Wildman–Crippen MR) is 51.8 cm³/mol. The number of ether oxygens (including phenoxy) is 1. The van der Waals surface area contributed by atoms with Crippen LogP contribution in [0.3, 0.4) is 0 Å². The van der Waals surface area contributed by atoms with Crippen LogP contribution in [0, 0.1) is 6.07 Å².